The Labute approximate surface area is 201 Å². The summed E-state index contributed by atoms with van der Waals surface area (Å²) in [5, 5.41) is 0. The van der Waals surface area contributed by atoms with Crippen LogP contribution in [-0.4, -0.2) is 0 Å². The number of fused-ring (bicyclic) bond motifs is 4. The van der Waals surface area contributed by atoms with Gasteiger partial charge in [0.05, 0.1) is 5.69 Å². The molecule has 34 heavy (non-hydrogen) atoms. The molecule has 1 heterocycles. The van der Waals surface area contributed by atoms with Crippen LogP contribution >= 0.6 is 0 Å². The maximum absolute atomic E-state index is 6.24. The van der Waals surface area contributed by atoms with Gasteiger partial charge in [0.1, 0.15) is 0 Å². The average Bonchev–Trinajstić information content (AvgIpc) is 3.43. The van der Waals surface area contributed by atoms with E-state index in [1.54, 1.807) is 0 Å². The predicted octanol–water partition coefficient (Wildman–Crippen LogP) is 7.80. The highest BCUT2D eigenvalue weighted by Gasteiger charge is 2.39. The Balaban J connectivity index is 1.66. The van der Waals surface area contributed by atoms with Crippen molar-refractivity contribution in [2.24, 2.45) is 0 Å². The maximum atomic E-state index is 6.24. The Kier molecular flexibility index (Phi) is 4.42. The molecule has 0 atom stereocenters. The molecule has 0 bridgehead atoms. The fraction of sp³-hybridized carbons (Fsp3) is 0.0938. The van der Waals surface area contributed by atoms with Crippen LogP contribution in [0.15, 0.2) is 115 Å². The highest BCUT2D eigenvalue weighted by atomic mass is 15.1. The van der Waals surface area contributed by atoms with Crippen LogP contribution in [0.25, 0.3) is 16.7 Å². The Morgan fingerprint density at radius 1 is 0.941 bits per heavy atom. The minimum atomic E-state index is -0.143. The maximum Gasteiger partial charge on any atom is 0.0540 e. The molecule has 0 unspecified atom stereocenters. The molecule has 0 amide bonds. The first kappa shape index (κ1) is 20.4. The predicted molar refractivity (Wildman–Crippen MR) is 145 cm³/mol. The minimum absolute atomic E-state index is 0.143. The molecule has 164 valence electrons. The lowest BCUT2D eigenvalue weighted by Gasteiger charge is -2.31. The molecule has 0 saturated carbocycles. The summed E-state index contributed by atoms with van der Waals surface area (Å²) in [6, 6.07) is 23.4. The highest BCUT2D eigenvalue weighted by Crippen LogP contribution is 2.52. The van der Waals surface area contributed by atoms with Crippen LogP contribution in [0.4, 0.5) is 17.1 Å². The average molecular weight is 439 g/mol. The van der Waals surface area contributed by atoms with E-state index in [2.05, 4.69) is 97.9 Å². The number of rotatable bonds is 2. The van der Waals surface area contributed by atoms with Gasteiger partial charge in [-0.3, -0.25) is 0 Å². The van der Waals surface area contributed by atoms with Crippen LogP contribution < -0.4 is 10.6 Å². The van der Waals surface area contributed by atoms with Gasteiger partial charge in [0.15, 0.2) is 0 Å². The number of hydrogen-bond acceptors (Lipinski definition) is 2. The van der Waals surface area contributed by atoms with E-state index in [4.69, 9.17) is 5.73 Å². The molecule has 0 aromatic heterocycles. The third kappa shape index (κ3) is 3.04. The van der Waals surface area contributed by atoms with Crippen LogP contribution in [0.1, 0.15) is 36.1 Å². The van der Waals surface area contributed by atoms with Gasteiger partial charge in [0, 0.05) is 34.1 Å². The molecule has 3 aromatic carbocycles. The molecule has 2 heteroatoms. The fourth-order valence-electron chi connectivity index (χ4n) is 5.30. The van der Waals surface area contributed by atoms with Crippen molar-refractivity contribution in [1.29, 1.82) is 0 Å². The van der Waals surface area contributed by atoms with Crippen molar-refractivity contribution >= 4 is 33.8 Å². The first-order chi connectivity index (χ1) is 16.4. The van der Waals surface area contributed by atoms with Crippen LogP contribution in [0, 0.1) is 0 Å². The largest absolute Gasteiger partial charge is 0.399 e. The van der Waals surface area contributed by atoms with Gasteiger partial charge < -0.3 is 10.6 Å². The molecular formula is C32H26N2. The lowest BCUT2D eigenvalue weighted by atomic mass is 9.82. The molecule has 3 aromatic rings. The lowest BCUT2D eigenvalue weighted by molar-refractivity contribution is 0.658. The molecular weight excluding hydrogens is 412 g/mol. The number of allylic oxidation sites excluding steroid dienone is 7. The van der Waals surface area contributed by atoms with Crippen LogP contribution in [-0.2, 0) is 5.41 Å². The first-order valence-corrected chi connectivity index (χ1v) is 11.6. The van der Waals surface area contributed by atoms with Crippen LogP contribution in [0.5, 0.6) is 0 Å². The van der Waals surface area contributed by atoms with E-state index >= 15 is 0 Å². The summed E-state index contributed by atoms with van der Waals surface area (Å²) in [4.78, 5) is 2.28. The second-order valence-electron chi connectivity index (χ2n) is 9.58. The van der Waals surface area contributed by atoms with Crippen LogP contribution in [0.2, 0.25) is 0 Å². The van der Waals surface area contributed by atoms with Crippen molar-refractivity contribution in [3.05, 3.63) is 137 Å². The Morgan fingerprint density at radius 3 is 2.59 bits per heavy atom. The monoisotopic (exact) mass is 438 g/mol. The number of benzene rings is 3. The van der Waals surface area contributed by atoms with Crippen molar-refractivity contribution in [3.63, 3.8) is 0 Å². The summed E-state index contributed by atoms with van der Waals surface area (Å²) < 4.78 is 0. The number of nitrogens with zero attached hydrogens (tertiary/aromatic N) is 1. The number of nitrogen functional groups attached to an aromatic ring is 1. The van der Waals surface area contributed by atoms with Gasteiger partial charge in [-0.1, -0.05) is 69.0 Å². The standard InChI is InChI=1S/C32H26N2/c1-21-17-28-27-13-6-7-14-29(27)32(2,3)30(28)20-34(25-12-8-11-24(33)19-25)31-18-23(15-16-26(21)31)22-9-4-5-10-22/h4-9,11-20H,1,33H2,2-3H3/b28-17?,30-20+. The number of anilines is 3. The topological polar surface area (TPSA) is 29.3 Å². The van der Waals surface area contributed by atoms with E-state index in [9.17, 15) is 0 Å². The van der Waals surface area contributed by atoms with Crippen molar-refractivity contribution in [3.8, 4) is 0 Å². The Hall–Kier alpha value is -4.26. The number of nitrogens with two attached hydrogens (primary N) is 1. The second-order valence-corrected chi connectivity index (χ2v) is 9.58. The van der Waals surface area contributed by atoms with Crippen molar-refractivity contribution in [2.75, 3.05) is 10.6 Å². The van der Waals surface area contributed by atoms with Crippen molar-refractivity contribution < 1.29 is 0 Å². The van der Waals surface area contributed by atoms with E-state index in [0.29, 0.717) is 0 Å². The zero-order chi connectivity index (χ0) is 23.4. The SMILES string of the molecule is C=C1C=C2/C(=C\N(c3cccc(N)c3)c3cc(C4=C=CC=C4)ccc31)C(C)(C)c1ccccc12. The zero-order valence-electron chi connectivity index (χ0n) is 19.5. The van der Waals surface area contributed by atoms with E-state index < -0.39 is 0 Å². The van der Waals surface area contributed by atoms with E-state index in [0.717, 1.165) is 39.3 Å². The molecule has 0 saturated heterocycles. The molecule has 2 N–H and O–H groups in total. The van der Waals surface area contributed by atoms with Gasteiger partial charge in [-0.25, -0.2) is 0 Å². The molecule has 0 fully saturated rings. The van der Waals surface area contributed by atoms with Gasteiger partial charge in [0.25, 0.3) is 0 Å². The van der Waals surface area contributed by atoms with Crippen molar-refractivity contribution in [2.45, 2.75) is 19.3 Å². The van der Waals surface area contributed by atoms with Gasteiger partial charge in [-0.2, -0.15) is 0 Å². The van der Waals surface area contributed by atoms with E-state index in [-0.39, 0.29) is 5.41 Å². The van der Waals surface area contributed by atoms with Crippen LogP contribution in [0.3, 0.4) is 0 Å². The summed E-state index contributed by atoms with van der Waals surface area (Å²) in [7, 11) is 0. The van der Waals surface area contributed by atoms with Crippen molar-refractivity contribution in [1.82, 2.24) is 0 Å². The molecule has 0 radical (unpaired) electrons. The Morgan fingerprint density at radius 2 is 1.79 bits per heavy atom. The quantitative estimate of drug-likeness (QED) is 0.327. The Bertz CT molecular complexity index is 1530. The summed E-state index contributed by atoms with van der Waals surface area (Å²) in [6.07, 6.45) is 10.6. The van der Waals surface area contributed by atoms with Gasteiger partial charge in [0.2, 0.25) is 0 Å². The third-order valence-corrected chi connectivity index (χ3v) is 7.09. The second kappa shape index (κ2) is 7.38. The molecule has 2 nitrogen and oxygen atoms in total. The fourth-order valence-corrected chi connectivity index (χ4v) is 5.30. The number of hydrogen-bond donors (Lipinski definition) is 1. The first-order valence-electron chi connectivity index (χ1n) is 11.6. The van der Waals surface area contributed by atoms with Gasteiger partial charge in [-0.05, 0) is 75.9 Å². The summed E-state index contributed by atoms with van der Waals surface area (Å²) in [6.45, 7) is 9.12. The van der Waals surface area contributed by atoms with Gasteiger partial charge >= 0.3 is 0 Å². The molecule has 3 aliphatic rings. The molecule has 1 aliphatic heterocycles. The lowest BCUT2D eigenvalue weighted by Crippen LogP contribution is -2.20. The summed E-state index contributed by atoms with van der Waals surface area (Å²) in [5.74, 6) is 0. The smallest absolute Gasteiger partial charge is 0.0540 e. The molecule has 2 aliphatic carbocycles. The van der Waals surface area contributed by atoms with Gasteiger partial charge in [-0.15, -0.1) is 5.73 Å². The summed E-state index contributed by atoms with van der Waals surface area (Å²) in [5.41, 5.74) is 21.7. The van der Waals surface area contributed by atoms with E-state index in [1.165, 1.54) is 22.3 Å². The van der Waals surface area contributed by atoms with E-state index in [1.807, 2.05) is 30.4 Å². The summed E-state index contributed by atoms with van der Waals surface area (Å²) >= 11 is 0. The molecule has 0 spiro atoms. The molecule has 6 rings (SSSR count). The minimum Gasteiger partial charge on any atom is -0.399 e. The highest BCUT2D eigenvalue weighted by molar-refractivity contribution is 6.00. The third-order valence-electron chi connectivity index (χ3n) is 7.09. The zero-order valence-corrected chi connectivity index (χ0v) is 19.5. The normalized spacial score (nSPS) is 18.8.